The molecule has 10 heteroatoms. The van der Waals surface area contributed by atoms with E-state index in [4.69, 9.17) is 4.42 Å². The summed E-state index contributed by atoms with van der Waals surface area (Å²) in [5.41, 5.74) is -1.45. The fourth-order valence-electron chi connectivity index (χ4n) is 3.52. The predicted octanol–water partition coefficient (Wildman–Crippen LogP) is 2.46. The number of H-pyrrole nitrogens is 2. The van der Waals surface area contributed by atoms with Crippen LogP contribution in [0.5, 0.6) is 0 Å². The van der Waals surface area contributed by atoms with E-state index in [-0.39, 0.29) is 30.0 Å². The number of rotatable bonds is 2. The van der Waals surface area contributed by atoms with Crippen molar-refractivity contribution in [2.75, 3.05) is 13.1 Å². The van der Waals surface area contributed by atoms with E-state index in [9.17, 15) is 27.6 Å². The van der Waals surface area contributed by atoms with Crippen molar-refractivity contribution in [3.05, 3.63) is 68.2 Å². The molecule has 2 N–H and O–H groups in total. The van der Waals surface area contributed by atoms with Crippen LogP contribution < -0.4 is 11.2 Å². The molecule has 0 spiro atoms. The SMILES string of the molecule is O=C(c1c(C(F)(F)F)oc2ccccc12)N1CCC(c2cc(=O)[nH]c(=O)[nH]2)C1. The molecule has 1 fully saturated rings. The van der Waals surface area contributed by atoms with Gasteiger partial charge >= 0.3 is 11.9 Å². The number of hydrogen-bond donors (Lipinski definition) is 2. The molecule has 3 heterocycles. The third-order valence-electron chi connectivity index (χ3n) is 4.76. The molecule has 2 aromatic heterocycles. The van der Waals surface area contributed by atoms with E-state index in [1.807, 2.05) is 4.98 Å². The molecular formula is C18H14F3N3O4. The lowest BCUT2D eigenvalue weighted by Gasteiger charge is -2.17. The van der Waals surface area contributed by atoms with Crippen molar-refractivity contribution in [2.24, 2.45) is 0 Å². The van der Waals surface area contributed by atoms with Crippen LogP contribution in [-0.2, 0) is 6.18 Å². The van der Waals surface area contributed by atoms with Crippen molar-refractivity contribution in [1.29, 1.82) is 0 Å². The summed E-state index contributed by atoms with van der Waals surface area (Å²) in [5.74, 6) is -2.48. The highest BCUT2D eigenvalue weighted by atomic mass is 19.4. The number of para-hydroxylation sites is 1. The van der Waals surface area contributed by atoms with E-state index in [2.05, 4.69) is 4.98 Å². The molecule has 1 aromatic carbocycles. The number of amides is 1. The summed E-state index contributed by atoms with van der Waals surface area (Å²) in [6.07, 6.45) is -4.41. The van der Waals surface area contributed by atoms with Gasteiger partial charge in [0.25, 0.3) is 11.5 Å². The van der Waals surface area contributed by atoms with E-state index in [0.717, 1.165) is 0 Å². The quantitative estimate of drug-likeness (QED) is 0.699. The molecule has 28 heavy (non-hydrogen) atoms. The maximum absolute atomic E-state index is 13.4. The van der Waals surface area contributed by atoms with Gasteiger partial charge in [-0.3, -0.25) is 14.6 Å². The van der Waals surface area contributed by atoms with E-state index < -0.39 is 34.7 Å². The van der Waals surface area contributed by atoms with E-state index in [1.54, 1.807) is 0 Å². The van der Waals surface area contributed by atoms with Gasteiger partial charge in [-0.25, -0.2) is 4.79 Å². The molecule has 7 nitrogen and oxygen atoms in total. The van der Waals surface area contributed by atoms with Crippen LogP contribution in [0.4, 0.5) is 13.2 Å². The van der Waals surface area contributed by atoms with Crippen LogP contribution in [0.15, 0.2) is 44.3 Å². The minimum Gasteiger partial charge on any atom is -0.451 e. The van der Waals surface area contributed by atoms with Gasteiger partial charge in [0.2, 0.25) is 5.76 Å². The molecule has 1 amide bonds. The fraction of sp³-hybridized carbons (Fsp3) is 0.278. The zero-order valence-electron chi connectivity index (χ0n) is 14.3. The number of carbonyl (C=O) groups excluding carboxylic acids is 1. The summed E-state index contributed by atoms with van der Waals surface area (Å²) >= 11 is 0. The predicted molar refractivity (Wildman–Crippen MR) is 92.2 cm³/mol. The molecule has 4 rings (SSSR count). The molecule has 1 atom stereocenters. The minimum absolute atomic E-state index is 0.0205. The summed E-state index contributed by atoms with van der Waals surface area (Å²) in [4.78, 5) is 41.7. The molecule has 1 unspecified atom stereocenters. The first-order chi connectivity index (χ1) is 13.2. The lowest BCUT2D eigenvalue weighted by atomic mass is 10.0. The molecule has 3 aromatic rings. The van der Waals surface area contributed by atoms with Gasteiger partial charge in [-0.2, -0.15) is 13.2 Å². The van der Waals surface area contributed by atoms with Gasteiger partial charge < -0.3 is 14.3 Å². The number of aromatic nitrogens is 2. The fourth-order valence-corrected chi connectivity index (χ4v) is 3.52. The summed E-state index contributed by atoms with van der Waals surface area (Å²) in [6, 6.07) is 7.05. The van der Waals surface area contributed by atoms with Gasteiger partial charge in [-0.15, -0.1) is 0 Å². The third-order valence-corrected chi connectivity index (χ3v) is 4.76. The summed E-state index contributed by atoms with van der Waals surface area (Å²) in [5, 5.41) is 0.0906. The molecule has 0 aliphatic carbocycles. The molecule has 1 aliphatic heterocycles. The first-order valence-corrected chi connectivity index (χ1v) is 8.45. The second-order valence-electron chi connectivity index (χ2n) is 6.58. The van der Waals surface area contributed by atoms with Crippen LogP contribution in [0.2, 0.25) is 0 Å². The highest BCUT2D eigenvalue weighted by molar-refractivity contribution is 6.07. The number of hydrogen-bond acceptors (Lipinski definition) is 4. The maximum atomic E-state index is 13.4. The highest BCUT2D eigenvalue weighted by Gasteiger charge is 2.43. The Balaban J connectivity index is 1.69. The molecule has 0 radical (unpaired) electrons. The van der Waals surface area contributed by atoms with Crippen molar-refractivity contribution >= 4 is 16.9 Å². The second-order valence-corrected chi connectivity index (χ2v) is 6.58. The lowest BCUT2D eigenvalue weighted by molar-refractivity contribution is -0.152. The first kappa shape index (κ1) is 18.1. The van der Waals surface area contributed by atoms with Gasteiger partial charge in [0, 0.05) is 36.2 Å². The summed E-state index contributed by atoms with van der Waals surface area (Å²) in [7, 11) is 0. The number of likely N-dealkylation sites (tertiary alicyclic amines) is 1. The largest absolute Gasteiger partial charge is 0.451 e. The maximum Gasteiger partial charge on any atom is 0.450 e. The smallest absolute Gasteiger partial charge is 0.450 e. The normalized spacial score (nSPS) is 17.4. The Labute approximate surface area is 154 Å². The zero-order valence-corrected chi connectivity index (χ0v) is 14.3. The number of aromatic amines is 2. The van der Waals surface area contributed by atoms with Crippen molar-refractivity contribution in [2.45, 2.75) is 18.5 Å². The standard InChI is InChI=1S/C18H14F3N3O4/c19-18(20,21)15-14(10-3-1-2-4-12(10)28-15)16(26)24-6-5-9(8-24)11-7-13(25)23-17(27)22-11/h1-4,7,9H,5-6,8H2,(H2,22,23,25,27). The minimum atomic E-state index is -4.82. The summed E-state index contributed by atoms with van der Waals surface area (Å²) in [6.45, 7) is 0.268. The van der Waals surface area contributed by atoms with Crippen LogP contribution >= 0.6 is 0 Å². The third kappa shape index (κ3) is 3.10. The number of nitrogens with one attached hydrogen (secondary N) is 2. The Morgan fingerprint density at radius 3 is 2.64 bits per heavy atom. The molecule has 0 saturated carbocycles. The number of furan rings is 1. The molecule has 1 aliphatic rings. The van der Waals surface area contributed by atoms with Crippen molar-refractivity contribution in [3.63, 3.8) is 0 Å². The Morgan fingerprint density at radius 1 is 1.18 bits per heavy atom. The number of nitrogens with zero attached hydrogens (tertiary/aromatic N) is 1. The van der Waals surface area contributed by atoms with Gasteiger partial charge in [0.1, 0.15) is 5.58 Å². The van der Waals surface area contributed by atoms with Crippen molar-refractivity contribution in [1.82, 2.24) is 14.9 Å². The van der Waals surface area contributed by atoms with Crippen LogP contribution in [0.1, 0.15) is 34.2 Å². The van der Waals surface area contributed by atoms with E-state index in [0.29, 0.717) is 12.1 Å². The number of benzene rings is 1. The van der Waals surface area contributed by atoms with Gasteiger partial charge in [0.05, 0.1) is 5.56 Å². The average molecular weight is 393 g/mol. The molecule has 0 bridgehead atoms. The van der Waals surface area contributed by atoms with Crippen LogP contribution in [0.25, 0.3) is 11.0 Å². The Hall–Kier alpha value is -3.30. The number of halogens is 3. The molecule has 1 saturated heterocycles. The highest BCUT2D eigenvalue weighted by Crippen LogP contribution is 2.39. The van der Waals surface area contributed by atoms with Crippen LogP contribution in [-0.4, -0.2) is 33.9 Å². The summed E-state index contributed by atoms with van der Waals surface area (Å²) < 4.78 is 45.2. The van der Waals surface area contributed by atoms with Crippen LogP contribution in [0.3, 0.4) is 0 Å². The molecular weight excluding hydrogens is 379 g/mol. The average Bonchev–Trinajstić information content (AvgIpc) is 3.25. The zero-order chi connectivity index (χ0) is 20.1. The Bertz CT molecular complexity index is 1150. The number of fused-ring (bicyclic) bond motifs is 1. The van der Waals surface area contributed by atoms with E-state index >= 15 is 0 Å². The van der Waals surface area contributed by atoms with Gasteiger partial charge in [0.15, 0.2) is 0 Å². The topological polar surface area (TPSA) is 99.2 Å². The van der Waals surface area contributed by atoms with Crippen molar-refractivity contribution in [3.8, 4) is 0 Å². The monoisotopic (exact) mass is 393 g/mol. The molecule has 146 valence electrons. The Kier molecular flexibility index (Phi) is 4.13. The Morgan fingerprint density at radius 2 is 1.93 bits per heavy atom. The van der Waals surface area contributed by atoms with Crippen molar-refractivity contribution < 1.29 is 22.4 Å². The number of carbonyl (C=O) groups is 1. The first-order valence-electron chi connectivity index (χ1n) is 8.45. The number of alkyl halides is 3. The van der Waals surface area contributed by atoms with E-state index in [1.165, 1.54) is 35.2 Å². The second kappa shape index (κ2) is 6.39. The van der Waals surface area contributed by atoms with Crippen LogP contribution in [0, 0.1) is 0 Å². The van der Waals surface area contributed by atoms with Gasteiger partial charge in [-0.1, -0.05) is 18.2 Å². The van der Waals surface area contributed by atoms with Gasteiger partial charge in [-0.05, 0) is 12.5 Å². The lowest BCUT2D eigenvalue weighted by Crippen LogP contribution is -2.30.